The number of allylic oxidation sites excluding steroid dienone is 1. The van der Waals surface area contributed by atoms with Gasteiger partial charge in [0.05, 0.1) is 25.4 Å². The fourth-order valence-electron chi connectivity index (χ4n) is 11.1. The van der Waals surface area contributed by atoms with Crippen molar-refractivity contribution in [2.24, 2.45) is 0 Å². The molecule has 7 unspecified atom stereocenters. The van der Waals surface area contributed by atoms with Crippen LogP contribution in [0.1, 0.15) is 348 Å². The lowest BCUT2D eigenvalue weighted by atomic mass is 9.99. The number of hydrogen-bond donors (Lipinski definition) is 6. The molecule has 446 valence electrons. The summed E-state index contributed by atoms with van der Waals surface area (Å²) < 4.78 is 11.3. The molecule has 0 saturated carbocycles. The molecule has 75 heavy (non-hydrogen) atoms. The van der Waals surface area contributed by atoms with Gasteiger partial charge in [0.15, 0.2) is 6.29 Å². The number of aliphatic hydroxyl groups is 5. The van der Waals surface area contributed by atoms with Gasteiger partial charge >= 0.3 is 0 Å². The van der Waals surface area contributed by atoms with E-state index in [1.165, 1.54) is 289 Å². The highest BCUT2D eigenvalue weighted by atomic mass is 16.7. The van der Waals surface area contributed by atoms with Crippen LogP contribution in [0, 0.1) is 0 Å². The third-order valence-corrected chi connectivity index (χ3v) is 16.4. The number of ether oxygens (including phenoxy) is 2. The van der Waals surface area contributed by atoms with Crippen LogP contribution < -0.4 is 5.32 Å². The first kappa shape index (κ1) is 71.9. The average Bonchev–Trinajstić information content (AvgIpc) is 3.41. The Bertz CT molecular complexity index is 1190. The molecule has 1 fully saturated rings. The Hall–Kier alpha value is -1.07. The molecule has 0 radical (unpaired) electrons. The molecule has 0 aromatic carbocycles. The van der Waals surface area contributed by atoms with Crippen molar-refractivity contribution >= 4 is 5.91 Å². The Labute approximate surface area is 465 Å². The van der Waals surface area contributed by atoms with Gasteiger partial charge in [-0.3, -0.25) is 4.79 Å². The van der Waals surface area contributed by atoms with Crippen molar-refractivity contribution in [2.45, 2.75) is 391 Å². The quantitative estimate of drug-likeness (QED) is 0.0261. The van der Waals surface area contributed by atoms with E-state index in [0.717, 1.165) is 38.5 Å². The van der Waals surface area contributed by atoms with Crippen molar-refractivity contribution in [1.29, 1.82) is 0 Å². The number of rotatable bonds is 59. The summed E-state index contributed by atoms with van der Waals surface area (Å²) in [6.45, 7) is 3.84. The monoisotopic (exact) mass is 1060 g/mol. The van der Waals surface area contributed by atoms with Crippen LogP contribution in [-0.2, 0) is 14.3 Å². The van der Waals surface area contributed by atoms with E-state index in [1.807, 2.05) is 6.08 Å². The maximum atomic E-state index is 13.1. The van der Waals surface area contributed by atoms with Crippen molar-refractivity contribution in [2.75, 3.05) is 13.2 Å². The molecule has 1 rings (SSSR count). The summed E-state index contributed by atoms with van der Waals surface area (Å²) in [5.41, 5.74) is 0. The van der Waals surface area contributed by atoms with Crippen molar-refractivity contribution in [3.8, 4) is 0 Å². The zero-order chi connectivity index (χ0) is 54.3. The highest BCUT2D eigenvalue weighted by Crippen LogP contribution is 2.23. The Morgan fingerprint density at radius 1 is 0.440 bits per heavy atom. The number of carbonyl (C=O) groups excluding carboxylic acids is 1. The Balaban J connectivity index is 2.13. The van der Waals surface area contributed by atoms with Crippen LogP contribution in [0.15, 0.2) is 12.2 Å². The Morgan fingerprint density at radius 3 is 1.04 bits per heavy atom. The minimum Gasteiger partial charge on any atom is -0.394 e. The summed E-state index contributed by atoms with van der Waals surface area (Å²) in [5, 5.41) is 54.7. The number of hydrogen-bond acceptors (Lipinski definition) is 8. The molecule has 9 nitrogen and oxygen atoms in total. The maximum Gasteiger partial charge on any atom is 0.220 e. The van der Waals surface area contributed by atoms with Gasteiger partial charge in [-0.1, -0.05) is 334 Å². The fourth-order valence-corrected chi connectivity index (χ4v) is 11.1. The van der Waals surface area contributed by atoms with E-state index in [1.54, 1.807) is 6.08 Å². The molecule has 6 N–H and O–H groups in total. The largest absolute Gasteiger partial charge is 0.394 e. The molecule has 1 saturated heterocycles. The van der Waals surface area contributed by atoms with Crippen LogP contribution >= 0.6 is 0 Å². The van der Waals surface area contributed by atoms with Crippen molar-refractivity contribution in [1.82, 2.24) is 5.32 Å². The van der Waals surface area contributed by atoms with Crippen LogP contribution in [0.3, 0.4) is 0 Å². The highest BCUT2D eigenvalue weighted by Gasteiger charge is 2.44. The van der Waals surface area contributed by atoms with Gasteiger partial charge < -0.3 is 40.3 Å². The zero-order valence-corrected chi connectivity index (χ0v) is 49.8. The standard InChI is InChI=1S/C66H129NO8/c1-3-5-7-9-11-13-15-17-19-21-23-25-26-27-28-29-30-31-32-33-34-36-37-39-41-43-45-47-49-51-53-55-60(69)59(58-74-66-65(73)64(72)63(71)61(57-68)75-66)67-62(70)56-54-52-50-48-46-44-42-40-38-35-24-22-20-18-16-14-12-10-8-6-4-2/h53,55,59-61,63-66,68-69,71-73H,3-52,54,56-58H2,1-2H3,(H,67,70)/b55-53+. The van der Waals surface area contributed by atoms with E-state index >= 15 is 0 Å². The third-order valence-electron chi connectivity index (χ3n) is 16.4. The normalized spacial score (nSPS) is 18.8. The Kier molecular flexibility index (Phi) is 53.9. The second kappa shape index (κ2) is 56.2. The molecule has 1 heterocycles. The topological polar surface area (TPSA) is 149 Å². The average molecular weight is 1060 g/mol. The van der Waals surface area contributed by atoms with E-state index < -0.39 is 49.5 Å². The van der Waals surface area contributed by atoms with E-state index in [0.29, 0.717) is 6.42 Å². The minimum absolute atomic E-state index is 0.168. The fraction of sp³-hybridized carbons (Fsp3) is 0.955. The van der Waals surface area contributed by atoms with Gasteiger partial charge in [0.1, 0.15) is 24.4 Å². The van der Waals surface area contributed by atoms with Crippen molar-refractivity contribution < 1.29 is 39.8 Å². The molecule has 0 aromatic heterocycles. The maximum absolute atomic E-state index is 13.1. The molecule has 7 atom stereocenters. The smallest absolute Gasteiger partial charge is 0.220 e. The van der Waals surface area contributed by atoms with E-state index in [-0.39, 0.29) is 12.5 Å². The molecule has 0 bridgehead atoms. The molecule has 1 aliphatic rings. The van der Waals surface area contributed by atoms with E-state index in [4.69, 9.17) is 9.47 Å². The zero-order valence-electron chi connectivity index (χ0n) is 49.8. The minimum atomic E-state index is -1.56. The van der Waals surface area contributed by atoms with Gasteiger partial charge in [0.2, 0.25) is 5.91 Å². The summed E-state index contributed by atoms with van der Waals surface area (Å²) in [6, 6.07) is -0.801. The molecular weight excluding hydrogens is 935 g/mol. The van der Waals surface area contributed by atoms with Crippen LogP contribution in [-0.4, -0.2) is 87.5 Å². The first-order valence-corrected chi connectivity index (χ1v) is 33.4. The predicted molar refractivity (Wildman–Crippen MR) is 318 cm³/mol. The molecule has 1 amide bonds. The number of unbranched alkanes of at least 4 members (excludes halogenated alkanes) is 49. The number of carbonyl (C=O) groups is 1. The van der Waals surface area contributed by atoms with Gasteiger partial charge in [0, 0.05) is 6.42 Å². The van der Waals surface area contributed by atoms with Gasteiger partial charge in [-0.05, 0) is 19.3 Å². The summed E-state index contributed by atoms with van der Waals surface area (Å²) >= 11 is 0. The summed E-state index contributed by atoms with van der Waals surface area (Å²) in [5.74, 6) is -0.168. The molecular formula is C66H129NO8. The van der Waals surface area contributed by atoms with Crippen molar-refractivity contribution in [3.63, 3.8) is 0 Å². The summed E-state index contributed by atoms with van der Waals surface area (Å²) in [4.78, 5) is 13.1. The Morgan fingerprint density at radius 2 is 0.733 bits per heavy atom. The summed E-state index contributed by atoms with van der Waals surface area (Å²) in [7, 11) is 0. The highest BCUT2D eigenvalue weighted by molar-refractivity contribution is 5.76. The molecule has 0 spiro atoms. The third kappa shape index (κ3) is 45.4. The molecule has 0 aliphatic carbocycles. The molecule has 9 heteroatoms. The first-order valence-electron chi connectivity index (χ1n) is 33.4. The van der Waals surface area contributed by atoms with Crippen molar-refractivity contribution in [3.05, 3.63) is 12.2 Å². The second-order valence-electron chi connectivity index (χ2n) is 23.6. The van der Waals surface area contributed by atoms with Crippen LogP contribution in [0.5, 0.6) is 0 Å². The van der Waals surface area contributed by atoms with Crippen LogP contribution in [0.4, 0.5) is 0 Å². The molecule has 0 aromatic rings. The van der Waals surface area contributed by atoms with Gasteiger partial charge in [-0.2, -0.15) is 0 Å². The number of aliphatic hydroxyl groups excluding tert-OH is 5. The van der Waals surface area contributed by atoms with Gasteiger partial charge in [0.25, 0.3) is 0 Å². The lowest BCUT2D eigenvalue weighted by Gasteiger charge is -2.40. The van der Waals surface area contributed by atoms with E-state index in [2.05, 4.69) is 19.2 Å². The number of nitrogens with one attached hydrogen (secondary N) is 1. The lowest BCUT2D eigenvalue weighted by molar-refractivity contribution is -0.302. The SMILES string of the molecule is CCCCCCCCCCCCCCCCCCCCCCCCCCCCCCC/C=C/C(O)C(COC1OC(CO)C(O)C(O)C1O)NC(=O)CCCCCCCCCCCCCCCCCCCCCCC. The second-order valence-corrected chi connectivity index (χ2v) is 23.6. The van der Waals surface area contributed by atoms with Gasteiger partial charge in [-0.25, -0.2) is 0 Å². The summed E-state index contributed by atoms with van der Waals surface area (Å²) in [6.07, 6.45) is 64.5. The lowest BCUT2D eigenvalue weighted by Crippen LogP contribution is -2.60. The van der Waals surface area contributed by atoms with Gasteiger partial charge in [-0.15, -0.1) is 0 Å². The molecule has 1 aliphatic heterocycles. The van der Waals surface area contributed by atoms with E-state index in [9.17, 15) is 30.3 Å². The van der Waals surface area contributed by atoms with Crippen LogP contribution in [0.25, 0.3) is 0 Å². The first-order chi connectivity index (χ1) is 36.8. The number of amides is 1. The predicted octanol–water partition coefficient (Wildman–Crippen LogP) is 17.5. The van der Waals surface area contributed by atoms with Crippen LogP contribution in [0.2, 0.25) is 0 Å².